The average molecular weight is 189 g/mol. The van der Waals surface area contributed by atoms with Crippen molar-refractivity contribution in [1.82, 2.24) is 4.98 Å². The summed E-state index contributed by atoms with van der Waals surface area (Å²) in [6, 6.07) is 4.31. The molecule has 0 saturated heterocycles. The highest BCUT2D eigenvalue weighted by Crippen LogP contribution is 2.24. The zero-order chi connectivity index (χ0) is 10.3. The molecule has 0 unspecified atom stereocenters. The smallest absolute Gasteiger partial charge is 0.0833 e. The molecule has 0 atom stereocenters. The van der Waals surface area contributed by atoms with Crippen LogP contribution in [0.15, 0.2) is 12.1 Å². The number of hydrogen-bond acceptors (Lipinski definition) is 1. The number of hydrogen-bond donors (Lipinski definition) is 2. The second kappa shape index (κ2) is 3.14. The molecule has 0 radical (unpaired) electrons. The summed E-state index contributed by atoms with van der Waals surface area (Å²) in [4.78, 5) is 3.23. The fourth-order valence-corrected chi connectivity index (χ4v) is 1.81. The number of aromatic nitrogens is 1. The van der Waals surface area contributed by atoms with Gasteiger partial charge in [0.1, 0.15) is 0 Å². The number of fused-ring (bicyclic) bond motifs is 1. The molecule has 2 N–H and O–H groups in total. The van der Waals surface area contributed by atoms with Crippen molar-refractivity contribution in [2.24, 2.45) is 0 Å². The summed E-state index contributed by atoms with van der Waals surface area (Å²) in [7, 11) is 0. The minimum atomic E-state index is 0.0820. The third-order valence-corrected chi connectivity index (χ3v) is 2.93. The molecule has 2 heteroatoms. The maximum Gasteiger partial charge on any atom is 0.0833 e. The largest absolute Gasteiger partial charge is 0.390 e. The van der Waals surface area contributed by atoms with E-state index in [4.69, 9.17) is 5.11 Å². The first-order valence-corrected chi connectivity index (χ1v) is 4.82. The van der Waals surface area contributed by atoms with Crippen LogP contribution in [0.1, 0.15) is 22.4 Å². The Labute approximate surface area is 83.6 Å². The maximum absolute atomic E-state index is 9.13. The SMILES string of the molecule is Cc1cc2[nH]c(CO)c(C)c2cc1C. The van der Waals surface area contributed by atoms with Crippen molar-refractivity contribution in [2.45, 2.75) is 27.4 Å². The van der Waals surface area contributed by atoms with E-state index in [0.29, 0.717) is 0 Å². The molecule has 14 heavy (non-hydrogen) atoms. The molecule has 0 aliphatic carbocycles. The summed E-state index contributed by atoms with van der Waals surface area (Å²) in [5.41, 5.74) is 5.78. The van der Waals surface area contributed by atoms with E-state index in [9.17, 15) is 0 Å². The lowest BCUT2D eigenvalue weighted by molar-refractivity contribution is 0.277. The Morgan fingerprint density at radius 3 is 2.43 bits per heavy atom. The number of H-pyrrole nitrogens is 1. The van der Waals surface area contributed by atoms with Crippen LogP contribution < -0.4 is 0 Å². The van der Waals surface area contributed by atoms with E-state index in [-0.39, 0.29) is 6.61 Å². The molecule has 2 aromatic rings. The standard InChI is InChI=1S/C12H15NO/c1-7-4-10-9(3)12(6-14)13-11(10)5-8(7)2/h4-5,13-14H,6H2,1-3H3. The molecule has 1 aromatic heterocycles. The number of rotatable bonds is 1. The van der Waals surface area contributed by atoms with Gasteiger partial charge in [-0.1, -0.05) is 0 Å². The molecular formula is C12H15NO. The molecular weight excluding hydrogens is 174 g/mol. The third-order valence-electron chi connectivity index (χ3n) is 2.93. The Balaban J connectivity index is 2.80. The molecule has 0 aliphatic heterocycles. The van der Waals surface area contributed by atoms with Crippen LogP contribution in [-0.2, 0) is 6.61 Å². The van der Waals surface area contributed by atoms with Gasteiger partial charge >= 0.3 is 0 Å². The number of aliphatic hydroxyl groups excluding tert-OH is 1. The van der Waals surface area contributed by atoms with Crippen LogP contribution in [0.3, 0.4) is 0 Å². The fourth-order valence-electron chi connectivity index (χ4n) is 1.81. The first kappa shape index (κ1) is 9.28. The Morgan fingerprint density at radius 1 is 1.14 bits per heavy atom. The summed E-state index contributed by atoms with van der Waals surface area (Å²) in [5, 5.41) is 10.3. The van der Waals surface area contributed by atoms with Gasteiger partial charge in [0.25, 0.3) is 0 Å². The predicted octanol–water partition coefficient (Wildman–Crippen LogP) is 2.59. The average Bonchev–Trinajstić information content (AvgIpc) is 2.45. The second-order valence-corrected chi connectivity index (χ2v) is 3.87. The van der Waals surface area contributed by atoms with Crippen LogP contribution >= 0.6 is 0 Å². The highest BCUT2D eigenvalue weighted by atomic mass is 16.3. The van der Waals surface area contributed by atoms with Crippen LogP contribution in [0, 0.1) is 20.8 Å². The van der Waals surface area contributed by atoms with Crippen molar-refractivity contribution in [3.8, 4) is 0 Å². The van der Waals surface area contributed by atoms with Gasteiger partial charge in [0.15, 0.2) is 0 Å². The summed E-state index contributed by atoms with van der Waals surface area (Å²) in [6.45, 7) is 6.33. The lowest BCUT2D eigenvalue weighted by atomic mass is 10.1. The van der Waals surface area contributed by atoms with Gasteiger partial charge in [-0.05, 0) is 49.6 Å². The number of aliphatic hydroxyl groups is 1. The third kappa shape index (κ3) is 1.23. The van der Waals surface area contributed by atoms with Crippen molar-refractivity contribution in [3.63, 3.8) is 0 Å². The van der Waals surface area contributed by atoms with E-state index >= 15 is 0 Å². The Kier molecular flexibility index (Phi) is 2.08. The zero-order valence-corrected chi connectivity index (χ0v) is 8.81. The Bertz CT molecular complexity index is 483. The number of benzene rings is 1. The van der Waals surface area contributed by atoms with Crippen molar-refractivity contribution in [1.29, 1.82) is 0 Å². The number of aryl methyl sites for hydroxylation is 3. The van der Waals surface area contributed by atoms with E-state index in [0.717, 1.165) is 16.8 Å². The molecule has 0 amide bonds. The molecule has 1 aromatic carbocycles. The van der Waals surface area contributed by atoms with Crippen LogP contribution in [0.4, 0.5) is 0 Å². The van der Waals surface area contributed by atoms with Gasteiger partial charge in [0.05, 0.1) is 6.61 Å². The first-order valence-electron chi connectivity index (χ1n) is 4.82. The van der Waals surface area contributed by atoms with Gasteiger partial charge < -0.3 is 10.1 Å². The van der Waals surface area contributed by atoms with Crippen molar-refractivity contribution in [2.75, 3.05) is 0 Å². The molecule has 0 aliphatic rings. The maximum atomic E-state index is 9.13. The number of nitrogens with one attached hydrogen (secondary N) is 1. The zero-order valence-electron chi connectivity index (χ0n) is 8.81. The Hall–Kier alpha value is -1.28. The topological polar surface area (TPSA) is 36.0 Å². The summed E-state index contributed by atoms with van der Waals surface area (Å²) >= 11 is 0. The summed E-state index contributed by atoms with van der Waals surface area (Å²) in [5.74, 6) is 0. The van der Waals surface area contributed by atoms with E-state index in [1.54, 1.807) is 0 Å². The van der Waals surface area contributed by atoms with Crippen molar-refractivity contribution >= 4 is 10.9 Å². The summed E-state index contributed by atoms with van der Waals surface area (Å²) in [6.07, 6.45) is 0. The van der Waals surface area contributed by atoms with Crippen LogP contribution in [0.2, 0.25) is 0 Å². The molecule has 74 valence electrons. The Morgan fingerprint density at radius 2 is 1.79 bits per heavy atom. The molecule has 0 spiro atoms. The normalized spacial score (nSPS) is 11.1. The van der Waals surface area contributed by atoms with Gasteiger partial charge in [0, 0.05) is 16.6 Å². The molecule has 0 bridgehead atoms. The highest BCUT2D eigenvalue weighted by molar-refractivity contribution is 5.85. The van der Waals surface area contributed by atoms with Gasteiger partial charge in [-0.15, -0.1) is 0 Å². The van der Waals surface area contributed by atoms with Gasteiger partial charge in [-0.2, -0.15) is 0 Å². The molecule has 0 saturated carbocycles. The molecule has 0 fully saturated rings. The van der Waals surface area contributed by atoms with E-state index in [1.165, 1.54) is 16.5 Å². The summed E-state index contributed by atoms with van der Waals surface area (Å²) < 4.78 is 0. The molecule has 1 heterocycles. The molecule has 2 rings (SSSR count). The van der Waals surface area contributed by atoms with Gasteiger partial charge in [0.2, 0.25) is 0 Å². The minimum Gasteiger partial charge on any atom is -0.390 e. The second-order valence-electron chi connectivity index (χ2n) is 3.87. The molecule has 2 nitrogen and oxygen atoms in total. The van der Waals surface area contributed by atoms with Crippen LogP contribution in [-0.4, -0.2) is 10.1 Å². The quantitative estimate of drug-likeness (QED) is 0.710. The van der Waals surface area contributed by atoms with E-state index in [2.05, 4.69) is 31.0 Å². The van der Waals surface area contributed by atoms with Crippen molar-refractivity contribution in [3.05, 3.63) is 34.5 Å². The van der Waals surface area contributed by atoms with Crippen LogP contribution in [0.5, 0.6) is 0 Å². The van der Waals surface area contributed by atoms with E-state index in [1.807, 2.05) is 6.92 Å². The lowest BCUT2D eigenvalue weighted by Crippen LogP contribution is -1.84. The first-order chi connectivity index (χ1) is 6.63. The van der Waals surface area contributed by atoms with Gasteiger partial charge in [-0.25, -0.2) is 0 Å². The van der Waals surface area contributed by atoms with Gasteiger partial charge in [-0.3, -0.25) is 0 Å². The lowest BCUT2D eigenvalue weighted by Gasteiger charge is -1.99. The highest BCUT2D eigenvalue weighted by Gasteiger charge is 2.07. The predicted molar refractivity (Wildman–Crippen MR) is 58.4 cm³/mol. The fraction of sp³-hybridized carbons (Fsp3) is 0.333. The van der Waals surface area contributed by atoms with Crippen LogP contribution in [0.25, 0.3) is 10.9 Å². The van der Waals surface area contributed by atoms with Crippen molar-refractivity contribution < 1.29 is 5.11 Å². The van der Waals surface area contributed by atoms with E-state index < -0.39 is 0 Å². The monoisotopic (exact) mass is 189 g/mol. The minimum absolute atomic E-state index is 0.0820. The number of aromatic amines is 1.